The number of carbonyl (C=O) groups excluding carboxylic acids is 2. The van der Waals surface area contributed by atoms with Crippen molar-refractivity contribution in [3.05, 3.63) is 33.2 Å². The fourth-order valence-corrected chi connectivity index (χ4v) is 1.94. The van der Waals surface area contributed by atoms with E-state index in [0.29, 0.717) is 0 Å². The fraction of sp³-hybridized carbons (Fsp3) is 0.533. The molecule has 13 nitrogen and oxygen atoms in total. The lowest BCUT2D eigenvalue weighted by molar-refractivity contribution is -0.144. The molecule has 2 amide bonds. The molecule has 0 aliphatic carbocycles. The molecule has 0 aliphatic heterocycles. The van der Waals surface area contributed by atoms with Crippen LogP contribution in [0.25, 0.3) is 10.4 Å². The summed E-state index contributed by atoms with van der Waals surface area (Å²) >= 11 is 0. The molecule has 0 bridgehead atoms. The van der Waals surface area contributed by atoms with E-state index in [9.17, 15) is 19.2 Å². The zero-order chi connectivity index (χ0) is 21.3. The Kier molecular flexibility index (Phi) is 7.95. The summed E-state index contributed by atoms with van der Waals surface area (Å²) in [5, 5.41) is 14.4. The Morgan fingerprint density at radius 3 is 2.64 bits per heavy atom. The van der Waals surface area contributed by atoms with Crippen molar-refractivity contribution in [2.75, 3.05) is 25.0 Å². The summed E-state index contributed by atoms with van der Waals surface area (Å²) < 4.78 is 5.99. The average Bonchev–Trinajstić information content (AvgIpc) is 2.54. The normalized spacial score (nSPS) is 10.5. The van der Waals surface area contributed by atoms with E-state index >= 15 is 0 Å². The number of carboxylic acid groups (broad SMARTS) is 1. The van der Waals surface area contributed by atoms with Crippen molar-refractivity contribution in [3.8, 4) is 0 Å². The molecule has 0 saturated heterocycles. The van der Waals surface area contributed by atoms with E-state index in [2.05, 4.69) is 20.3 Å². The summed E-state index contributed by atoms with van der Waals surface area (Å²) in [7, 11) is 0. The third-order valence-corrected chi connectivity index (χ3v) is 3.02. The lowest BCUT2D eigenvalue weighted by Gasteiger charge is -2.20. The van der Waals surface area contributed by atoms with Gasteiger partial charge in [0.2, 0.25) is 5.91 Å². The molecule has 0 unspecified atom stereocenters. The highest BCUT2D eigenvalue weighted by atomic mass is 16.6. The summed E-state index contributed by atoms with van der Waals surface area (Å²) in [5.41, 5.74) is 6.71. The number of ether oxygens (including phenoxy) is 1. The van der Waals surface area contributed by atoms with Gasteiger partial charge in [-0.1, -0.05) is 5.11 Å². The number of rotatable bonds is 8. The lowest BCUT2D eigenvalue weighted by atomic mass is 10.2. The second kappa shape index (κ2) is 9.92. The van der Waals surface area contributed by atoms with Crippen LogP contribution in [-0.4, -0.2) is 62.8 Å². The lowest BCUT2D eigenvalue weighted by Crippen LogP contribution is -2.41. The van der Waals surface area contributed by atoms with Gasteiger partial charge in [-0.15, -0.1) is 0 Å². The number of hydrogen-bond acceptors (Lipinski definition) is 7. The van der Waals surface area contributed by atoms with Crippen LogP contribution >= 0.6 is 0 Å². The highest BCUT2D eigenvalue weighted by molar-refractivity contribution is 5.83. The summed E-state index contributed by atoms with van der Waals surface area (Å²) in [4.78, 5) is 54.0. The number of amides is 2. The van der Waals surface area contributed by atoms with Crippen LogP contribution in [0.1, 0.15) is 20.8 Å². The number of hydrogen-bond donors (Lipinski definition) is 2. The van der Waals surface area contributed by atoms with Crippen molar-refractivity contribution in [1.82, 2.24) is 14.5 Å². The van der Waals surface area contributed by atoms with E-state index in [4.69, 9.17) is 15.4 Å². The van der Waals surface area contributed by atoms with Crippen molar-refractivity contribution in [2.45, 2.75) is 32.9 Å². The highest BCUT2D eigenvalue weighted by Crippen LogP contribution is 2.09. The molecule has 0 saturated carbocycles. The van der Waals surface area contributed by atoms with Gasteiger partial charge < -0.3 is 14.7 Å². The smallest absolute Gasteiger partial charge is 0.413 e. The van der Waals surface area contributed by atoms with Crippen molar-refractivity contribution >= 4 is 23.8 Å². The predicted octanol–water partition coefficient (Wildman–Crippen LogP) is 0.814. The Bertz CT molecular complexity index is 838. The van der Waals surface area contributed by atoms with Crippen LogP contribution in [-0.2, 0) is 20.9 Å². The third-order valence-electron chi connectivity index (χ3n) is 3.02. The molecule has 152 valence electrons. The van der Waals surface area contributed by atoms with E-state index in [-0.39, 0.29) is 18.9 Å². The Hall–Kier alpha value is -3.60. The van der Waals surface area contributed by atoms with Gasteiger partial charge in [-0.3, -0.25) is 19.5 Å². The van der Waals surface area contributed by atoms with Crippen LogP contribution < -0.4 is 11.0 Å². The van der Waals surface area contributed by atoms with Gasteiger partial charge in [-0.05, 0) is 32.4 Å². The van der Waals surface area contributed by atoms with Gasteiger partial charge >= 0.3 is 17.8 Å². The molecule has 0 aliphatic rings. The molecule has 0 atom stereocenters. The topological polar surface area (TPSA) is 180 Å². The number of aromatic nitrogens is 2. The molecule has 0 aromatic carbocycles. The Morgan fingerprint density at radius 2 is 2.11 bits per heavy atom. The minimum absolute atomic E-state index is 0.0614. The first-order valence-corrected chi connectivity index (χ1v) is 8.10. The number of aliphatic carboxylic acids is 1. The zero-order valence-corrected chi connectivity index (χ0v) is 15.7. The van der Waals surface area contributed by atoms with Gasteiger partial charge in [0.05, 0.1) is 0 Å². The number of anilines is 1. The largest absolute Gasteiger partial charge is 0.480 e. The number of carboxylic acids is 1. The van der Waals surface area contributed by atoms with Gasteiger partial charge in [0, 0.05) is 24.2 Å². The molecule has 2 N–H and O–H groups in total. The van der Waals surface area contributed by atoms with Crippen LogP contribution in [0.2, 0.25) is 0 Å². The molecule has 0 fully saturated rings. The molecule has 0 radical (unpaired) electrons. The van der Waals surface area contributed by atoms with Gasteiger partial charge in [0.15, 0.2) is 0 Å². The van der Waals surface area contributed by atoms with E-state index < -0.39 is 42.4 Å². The minimum Gasteiger partial charge on any atom is -0.480 e. The van der Waals surface area contributed by atoms with Crippen molar-refractivity contribution in [3.63, 3.8) is 0 Å². The van der Waals surface area contributed by atoms with Crippen molar-refractivity contribution < 1.29 is 24.2 Å². The van der Waals surface area contributed by atoms with Gasteiger partial charge in [-0.25, -0.2) is 9.59 Å². The molecule has 28 heavy (non-hydrogen) atoms. The van der Waals surface area contributed by atoms with Gasteiger partial charge in [0.25, 0.3) is 0 Å². The first kappa shape index (κ1) is 22.4. The molecular formula is C15H21N7O6. The third kappa shape index (κ3) is 8.19. The van der Waals surface area contributed by atoms with Crippen molar-refractivity contribution in [2.24, 2.45) is 5.11 Å². The maximum absolute atomic E-state index is 12.3. The van der Waals surface area contributed by atoms with Crippen LogP contribution in [0, 0.1) is 0 Å². The summed E-state index contributed by atoms with van der Waals surface area (Å²) in [6, 6.07) is 1.29. The zero-order valence-electron chi connectivity index (χ0n) is 15.7. The Morgan fingerprint density at radius 1 is 1.43 bits per heavy atom. The molecule has 1 aromatic heterocycles. The maximum atomic E-state index is 12.3. The van der Waals surface area contributed by atoms with Gasteiger partial charge in [-0.2, -0.15) is 4.98 Å². The first-order chi connectivity index (χ1) is 13.0. The van der Waals surface area contributed by atoms with Crippen LogP contribution in [0.4, 0.5) is 10.6 Å². The highest BCUT2D eigenvalue weighted by Gasteiger charge is 2.19. The average molecular weight is 395 g/mol. The summed E-state index contributed by atoms with van der Waals surface area (Å²) in [6.07, 6.45) is 0.436. The Balaban J connectivity index is 2.83. The molecule has 1 rings (SSSR count). The molecule has 1 aromatic rings. The van der Waals surface area contributed by atoms with Crippen LogP contribution in [0.15, 0.2) is 22.2 Å². The molecule has 13 heteroatoms. The van der Waals surface area contributed by atoms with Crippen molar-refractivity contribution in [1.29, 1.82) is 0 Å². The minimum atomic E-state index is -1.25. The number of azide groups is 1. The maximum Gasteiger partial charge on any atom is 0.413 e. The predicted molar refractivity (Wildman–Crippen MR) is 96.6 cm³/mol. The summed E-state index contributed by atoms with van der Waals surface area (Å²) in [5.74, 6) is -1.99. The number of carbonyl (C=O) groups is 3. The quantitative estimate of drug-likeness (QED) is 0.371. The Labute approximate surface area is 159 Å². The van der Waals surface area contributed by atoms with Crippen LogP contribution in [0.5, 0.6) is 0 Å². The standard InChI is InChI=1S/C15H21N7O6/c1-15(2,3)28-14(27)19-10-4-6-22(13(26)18-10)8-11(23)21(9-12(24)25)7-5-17-20-16/h4,6H,5,7-9H2,1-3H3,(H,24,25)(H,18,19,26,27). The summed E-state index contributed by atoms with van der Waals surface area (Å²) in [6.45, 7) is 3.72. The SMILES string of the molecule is CC(C)(C)OC(=O)Nc1ccn(CC(=O)N(CCN=[N+]=[N-])CC(=O)O)c(=O)n1. The molecule has 0 spiro atoms. The monoisotopic (exact) mass is 395 g/mol. The van der Waals surface area contributed by atoms with E-state index in [1.54, 1.807) is 20.8 Å². The molecular weight excluding hydrogens is 374 g/mol. The van der Waals surface area contributed by atoms with Crippen LogP contribution in [0.3, 0.4) is 0 Å². The van der Waals surface area contributed by atoms with Gasteiger partial charge in [0.1, 0.15) is 24.5 Å². The second-order valence-electron chi connectivity index (χ2n) is 6.51. The first-order valence-electron chi connectivity index (χ1n) is 8.10. The second-order valence-corrected chi connectivity index (χ2v) is 6.51. The fourth-order valence-electron chi connectivity index (χ4n) is 1.94. The number of nitrogens with one attached hydrogen (secondary N) is 1. The van der Waals surface area contributed by atoms with E-state index in [1.807, 2.05) is 0 Å². The number of nitrogens with zero attached hydrogens (tertiary/aromatic N) is 6. The van der Waals surface area contributed by atoms with E-state index in [0.717, 1.165) is 9.47 Å². The molecule has 1 heterocycles. The van der Waals surface area contributed by atoms with E-state index in [1.165, 1.54) is 12.3 Å².